The summed E-state index contributed by atoms with van der Waals surface area (Å²) in [5, 5.41) is 8.76. The number of nitrogen functional groups attached to an aromatic ring is 1. The van der Waals surface area contributed by atoms with Gasteiger partial charge in [-0.25, -0.2) is 9.97 Å². The normalized spacial score (nSPS) is 8.76. The van der Waals surface area contributed by atoms with E-state index in [1.54, 1.807) is 24.4 Å². The number of anilines is 1. The van der Waals surface area contributed by atoms with Crippen molar-refractivity contribution in [2.45, 2.75) is 13.8 Å². The average molecular weight is 226 g/mol. The van der Waals surface area contributed by atoms with E-state index in [1.165, 1.54) is 0 Å². The molecule has 2 aromatic rings. The smallest absolute Gasteiger partial charge is 0.220 e. The minimum absolute atomic E-state index is 0.231. The Hall–Kier alpha value is -2.41. The second-order valence-corrected chi connectivity index (χ2v) is 2.99. The van der Waals surface area contributed by atoms with E-state index in [0.29, 0.717) is 5.56 Å². The lowest BCUT2D eigenvalue weighted by Gasteiger charge is -2.00. The Balaban J connectivity index is 0.000000686. The Bertz CT molecular complexity index is 529. The van der Waals surface area contributed by atoms with Gasteiger partial charge in [-0.2, -0.15) is 5.26 Å². The summed E-state index contributed by atoms with van der Waals surface area (Å²) >= 11 is 0. The number of benzene rings is 1. The van der Waals surface area contributed by atoms with Crippen LogP contribution in [0.2, 0.25) is 0 Å². The lowest BCUT2D eigenvalue weighted by atomic mass is 10.1. The van der Waals surface area contributed by atoms with Gasteiger partial charge in [0.05, 0.1) is 17.3 Å². The molecular formula is C13H14N4. The first-order chi connectivity index (χ1) is 8.29. The molecule has 0 fully saturated rings. The molecule has 0 amide bonds. The van der Waals surface area contributed by atoms with Crippen LogP contribution in [0.1, 0.15) is 19.4 Å². The van der Waals surface area contributed by atoms with E-state index in [9.17, 15) is 0 Å². The molecule has 2 rings (SSSR count). The SMILES string of the molecule is CC.N#Cc1cccc(-c2ccnc(N)n2)c1. The van der Waals surface area contributed by atoms with Gasteiger partial charge in [0.2, 0.25) is 5.95 Å². The molecule has 86 valence electrons. The van der Waals surface area contributed by atoms with Gasteiger partial charge >= 0.3 is 0 Å². The average Bonchev–Trinajstić information content (AvgIpc) is 2.41. The first-order valence-corrected chi connectivity index (χ1v) is 5.38. The van der Waals surface area contributed by atoms with Crippen LogP contribution in [0.3, 0.4) is 0 Å². The second-order valence-electron chi connectivity index (χ2n) is 2.99. The van der Waals surface area contributed by atoms with Crippen LogP contribution in [0.5, 0.6) is 0 Å². The quantitative estimate of drug-likeness (QED) is 0.811. The molecule has 0 atom stereocenters. The van der Waals surface area contributed by atoms with Gasteiger partial charge in [-0.15, -0.1) is 0 Å². The number of nitriles is 1. The molecule has 2 N–H and O–H groups in total. The molecule has 0 saturated carbocycles. The van der Waals surface area contributed by atoms with Gasteiger partial charge in [-0.05, 0) is 18.2 Å². The zero-order chi connectivity index (χ0) is 12.7. The minimum atomic E-state index is 0.231. The molecule has 1 heterocycles. The maximum Gasteiger partial charge on any atom is 0.220 e. The number of hydrogen-bond acceptors (Lipinski definition) is 4. The zero-order valence-electron chi connectivity index (χ0n) is 9.88. The highest BCUT2D eigenvalue weighted by molar-refractivity contribution is 5.61. The first-order valence-electron chi connectivity index (χ1n) is 5.38. The van der Waals surface area contributed by atoms with Crippen LogP contribution < -0.4 is 5.73 Å². The molecular weight excluding hydrogens is 212 g/mol. The van der Waals surface area contributed by atoms with Gasteiger partial charge in [-0.3, -0.25) is 0 Å². The Morgan fingerprint density at radius 1 is 1.24 bits per heavy atom. The molecule has 17 heavy (non-hydrogen) atoms. The summed E-state index contributed by atoms with van der Waals surface area (Å²) in [6, 6.07) is 11.0. The monoisotopic (exact) mass is 226 g/mol. The van der Waals surface area contributed by atoms with Crippen LogP contribution >= 0.6 is 0 Å². The van der Waals surface area contributed by atoms with Crippen molar-refractivity contribution in [3.05, 3.63) is 42.1 Å². The molecule has 0 saturated heterocycles. The molecule has 1 aromatic carbocycles. The third kappa shape index (κ3) is 3.28. The number of nitrogens with zero attached hydrogens (tertiary/aromatic N) is 3. The lowest BCUT2D eigenvalue weighted by Crippen LogP contribution is -1.95. The van der Waals surface area contributed by atoms with Crippen molar-refractivity contribution in [1.82, 2.24) is 9.97 Å². The van der Waals surface area contributed by atoms with Crippen molar-refractivity contribution in [3.8, 4) is 17.3 Å². The maximum absolute atomic E-state index is 8.76. The number of nitrogens with two attached hydrogens (primary N) is 1. The summed E-state index contributed by atoms with van der Waals surface area (Å²) in [5.74, 6) is 0.231. The van der Waals surface area contributed by atoms with Crippen molar-refractivity contribution < 1.29 is 0 Å². The standard InChI is InChI=1S/C11H8N4.C2H6/c12-7-8-2-1-3-9(6-8)10-4-5-14-11(13)15-10;1-2/h1-6H,(H2,13,14,15);1-2H3. The van der Waals surface area contributed by atoms with Crippen LogP contribution in [0.25, 0.3) is 11.3 Å². The van der Waals surface area contributed by atoms with Gasteiger partial charge in [-0.1, -0.05) is 26.0 Å². The molecule has 1 aromatic heterocycles. The van der Waals surface area contributed by atoms with Crippen molar-refractivity contribution in [1.29, 1.82) is 5.26 Å². The molecule has 0 aliphatic heterocycles. The van der Waals surface area contributed by atoms with Gasteiger partial charge < -0.3 is 5.73 Å². The molecule has 0 unspecified atom stereocenters. The molecule has 0 spiro atoms. The molecule has 4 nitrogen and oxygen atoms in total. The van der Waals surface area contributed by atoms with E-state index in [4.69, 9.17) is 11.0 Å². The molecule has 0 radical (unpaired) electrons. The van der Waals surface area contributed by atoms with Gasteiger partial charge in [0, 0.05) is 11.8 Å². The van der Waals surface area contributed by atoms with Crippen molar-refractivity contribution in [2.24, 2.45) is 0 Å². The number of hydrogen-bond donors (Lipinski definition) is 1. The predicted molar refractivity (Wildman–Crippen MR) is 67.9 cm³/mol. The summed E-state index contributed by atoms with van der Waals surface area (Å²) < 4.78 is 0. The van der Waals surface area contributed by atoms with Gasteiger partial charge in [0.15, 0.2) is 0 Å². The maximum atomic E-state index is 8.76. The Morgan fingerprint density at radius 2 is 2.00 bits per heavy atom. The van der Waals surface area contributed by atoms with Gasteiger partial charge in [0.25, 0.3) is 0 Å². The predicted octanol–water partition coefficient (Wildman–Crippen LogP) is 2.62. The van der Waals surface area contributed by atoms with E-state index >= 15 is 0 Å². The number of rotatable bonds is 1. The van der Waals surface area contributed by atoms with E-state index in [2.05, 4.69) is 16.0 Å². The van der Waals surface area contributed by atoms with Crippen molar-refractivity contribution in [2.75, 3.05) is 5.73 Å². The number of aromatic nitrogens is 2. The Kier molecular flexibility index (Phi) is 4.64. The summed E-state index contributed by atoms with van der Waals surface area (Å²) in [4.78, 5) is 7.89. The van der Waals surface area contributed by atoms with Crippen LogP contribution in [0.4, 0.5) is 5.95 Å². The van der Waals surface area contributed by atoms with Gasteiger partial charge in [0.1, 0.15) is 0 Å². The van der Waals surface area contributed by atoms with E-state index in [1.807, 2.05) is 26.0 Å². The van der Waals surface area contributed by atoms with Crippen LogP contribution in [0, 0.1) is 11.3 Å². The third-order valence-corrected chi connectivity index (χ3v) is 1.96. The molecule has 0 bridgehead atoms. The fourth-order valence-corrected chi connectivity index (χ4v) is 1.28. The fraction of sp³-hybridized carbons (Fsp3) is 0.154. The van der Waals surface area contributed by atoms with E-state index in [0.717, 1.165) is 11.3 Å². The second kappa shape index (κ2) is 6.23. The molecule has 0 aliphatic rings. The zero-order valence-corrected chi connectivity index (χ0v) is 9.88. The Labute approximate surface area is 101 Å². The van der Waals surface area contributed by atoms with E-state index < -0.39 is 0 Å². The summed E-state index contributed by atoms with van der Waals surface area (Å²) in [7, 11) is 0. The summed E-state index contributed by atoms with van der Waals surface area (Å²) in [5.41, 5.74) is 7.67. The minimum Gasteiger partial charge on any atom is -0.368 e. The van der Waals surface area contributed by atoms with Crippen molar-refractivity contribution >= 4 is 5.95 Å². The molecule has 0 aliphatic carbocycles. The van der Waals surface area contributed by atoms with Crippen LogP contribution in [0.15, 0.2) is 36.5 Å². The summed E-state index contributed by atoms with van der Waals surface area (Å²) in [6.07, 6.45) is 1.59. The third-order valence-electron chi connectivity index (χ3n) is 1.96. The van der Waals surface area contributed by atoms with E-state index in [-0.39, 0.29) is 5.95 Å². The highest BCUT2D eigenvalue weighted by atomic mass is 15.0. The fourth-order valence-electron chi connectivity index (χ4n) is 1.28. The highest BCUT2D eigenvalue weighted by Crippen LogP contribution is 2.17. The van der Waals surface area contributed by atoms with Crippen LogP contribution in [-0.2, 0) is 0 Å². The molecule has 4 heteroatoms. The van der Waals surface area contributed by atoms with Crippen LogP contribution in [-0.4, -0.2) is 9.97 Å². The lowest BCUT2D eigenvalue weighted by molar-refractivity contribution is 1.19. The summed E-state index contributed by atoms with van der Waals surface area (Å²) in [6.45, 7) is 4.00. The van der Waals surface area contributed by atoms with Crippen molar-refractivity contribution in [3.63, 3.8) is 0 Å². The topological polar surface area (TPSA) is 75.6 Å². The Morgan fingerprint density at radius 3 is 2.65 bits per heavy atom. The largest absolute Gasteiger partial charge is 0.368 e. The first kappa shape index (κ1) is 12.7. The highest BCUT2D eigenvalue weighted by Gasteiger charge is 2.00.